The van der Waals surface area contributed by atoms with Crippen LogP contribution < -0.4 is 4.74 Å². The van der Waals surface area contributed by atoms with Crippen molar-refractivity contribution in [1.29, 1.82) is 0 Å². The van der Waals surface area contributed by atoms with E-state index in [9.17, 15) is 14.3 Å². The standard InChI is InChI=1S/C28H33FN2O3S/c1-34-23-9-10-26-24(18-23)21(11-13-30-26)6-4-5-20-12-14-31(19-22(20)17-28(32)33)15-16-35-27-8-3-2-7-25(27)29/h2-3,7-11,13,18,20,22H,4-6,12,14-17,19H2,1H3,(H,32,33)/t20-,22+/m1/s1. The lowest BCUT2D eigenvalue weighted by Crippen LogP contribution is -2.42. The van der Waals surface area contributed by atoms with Crippen LogP contribution in [0.25, 0.3) is 10.9 Å². The minimum atomic E-state index is -0.727. The average molecular weight is 497 g/mol. The number of thioether (sulfide) groups is 1. The summed E-state index contributed by atoms with van der Waals surface area (Å²) in [6, 6.07) is 14.9. The van der Waals surface area contributed by atoms with Crippen molar-refractivity contribution in [3.05, 3.63) is 66.1 Å². The van der Waals surface area contributed by atoms with E-state index >= 15 is 0 Å². The third-order valence-electron chi connectivity index (χ3n) is 6.97. The lowest BCUT2D eigenvalue weighted by atomic mass is 9.80. The van der Waals surface area contributed by atoms with Crippen LogP contribution >= 0.6 is 11.8 Å². The van der Waals surface area contributed by atoms with E-state index in [4.69, 9.17) is 4.74 Å². The zero-order valence-corrected chi connectivity index (χ0v) is 21.0. The number of halogens is 1. The summed E-state index contributed by atoms with van der Waals surface area (Å²) in [4.78, 5) is 19.1. The number of hydrogen-bond acceptors (Lipinski definition) is 5. The Morgan fingerprint density at radius 3 is 2.89 bits per heavy atom. The molecule has 0 amide bonds. The summed E-state index contributed by atoms with van der Waals surface area (Å²) in [6.07, 6.45) is 6.04. The second-order valence-corrected chi connectivity index (χ2v) is 10.4. The van der Waals surface area contributed by atoms with Gasteiger partial charge in [-0.3, -0.25) is 9.78 Å². The Hall–Kier alpha value is -2.64. The van der Waals surface area contributed by atoms with Gasteiger partial charge >= 0.3 is 5.97 Å². The third kappa shape index (κ3) is 6.95. The first kappa shape index (κ1) is 25.5. The fraction of sp³-hybridized carbons (Fsp3) is 0.429. The van der Waals surface area contributed by atoms with Crippen LogP contribution in [-0.2, 0) is 11.2 Å². The van der Waals surface area contributed by atoms with Gasteiger partial charge in [-0.05, 0) is 86.0 Å². The second kappa shape index (κ2) is 12.4. The molecule has 2 heterocycles. The zero-order chi connectivity index (χ0) is 24.6. The molecule has 1 N–H and O–H groups in total. The first-order chi connectivity index (χ1) is 17.0. The lowest BCUT2D eigenvalue weighted by Gasteiger charge is -2.38. The molecule has 0 spiro atoms. The third-order valence-corrected chi connectivity index (χ3v) is 8.00. The first-order valence-corrected chi connectivity index (χ1v) is 13.2. The molecule has 5 nitrogen and oxygen atoms in total. The quantitative estimate of drug-likeness (QED) is 0.333. The van der Waals surface area contributed by atoms with Crippen molar-refractivity contribution in [2.24, 2.45) is 11.8 Å². The molecule has 0 aliphatic carbocycles. The van der Waals surface area contributed by atoms with Gasteiger partial charge in [0.1, 0.15) is 11.6 Å². The van der Waals surface area contributed by atoms with Crippen LogP contribution in [0.5, 0.6) is 5.75 Å². The molecule has 7 heteroatoms. The zero-order valence-electron chi connectivity index (χ0n) is 20.2. The van der Waals surface area contributed by atoms with E-state index in [1.165, 1.54) is 23.4 Å². The highest BCUT2D eigenvalue weighted by molar-refractivity contribution is 7.99. The van der Waals surface area contributed by atoms with E-state index < -0.39 is 5.97 Å². The number of benzene rings is 2. The molecule has 2 aromatic carbocycles. The van der Waals surface area contributed by atoms with Crippen LogP contribution in [0.15, 0.2) is 59.6 Å². The predicted octanol–water partition coefficient (Wildman–Crippen LogP) is 5.91. The molecule has 1 aliphatic rings. The van der Waals surface area contributed by atoms with E-state index in [-0.39, 0.29) is 18.2 Å². The molecule has 4 rings (SSSR count). The van der Waals surface area contributed by atoms with Gasteiger partial charge in [-0.15, -0.1) is 11.8 Å². The smallest absolute Gasteiger partial charge is 0.303 e. The molecule has 1 aromatic heterocycles. The number of carboxylic acids is 1. The molecule has 3 aromatic rings. The molecular weight excluding hydrogens is 463 g/mol. The molecule has 1 saturated heterocycles. The van der Waals surface area contributed by atoms with Crippen LogP contribution in [0, 0.1) is 17.7 Å². The number of aryl methyl sites for hydroxylation is 1. The molecule has 186 valence electrons. The molecular formula is C28H33FN2O3S. The maximum atomic E-state index is 13.9. The molecule has 1 aliphatic heterocycles. The Kier molecular flexibility index (Phi) is 8.99. The van der Waals surface area contributed by atoms with Crippen molar-refractivity contribution in [3.63, 3.8) is 0 Å². The van der Waals surface area contributed by atoms with Crippen LogP contribution in [0.3, 0.4) is 0 Å². The van der Waals surface area contributed by atoms with Crippen molar-refractivity contribution < 1.29 is 19.0 Å². The van der Waals surface area contributed by atoms with Gasteiger partial charge in [0.2, 0.25) is 0 Å². The van der Waals surface area contributed by atoms with E-state index in [1.807, 2.05) is 36.5 Å². The molecule has 35 heavy (non-hydrogen) atoms. The van der Waals surface area contributed by atoms with Crippen molar-refractivity contribution >= 4 is 28.6 Å². The Labute approximate surface area is 210 Å². The van der Waals surface area contributed by atoms with E-state index in [0.717, 1.165) is 67.7 Å². The Bertz CT molecular complexity index is 1140. The number of methoxy groups -OCH3 is 1. The molecule has 2 atom stereocenters. The summed E-state index contributed by atoms with van der Waals surface area (Å²) >= 11 is 1.52. The molecule has 0 radical (unpaired) electrons. The summed E-state index contributed by atoms with van der Waals surface area (Å²) in [6.45, 7) is 2.60. The van der Waals surface area contributed by atoms with Crippen LogP contribution in [0.4, 0.5) is 4.39 Å². The minimum absolute atomic E-state index is 0.147. The number of ether oxygens (including phenoxy) is 1. The van der Waals surface area contributed by atoms with Crippen LogP contribution in [0.2, 0.25) is 0 Å². The molecule has 0 bridgehead atoms. The van der Waals surface area contributed by atoms with Gasteiger partial charge in [-0.2, -0.15) is 0 Å². The number of carbonyl (C=O) groups is 1. The SMILES string of the molecule is COc1ccc2nccc(CCC[C@@H]3CCN(CCSc4ccccc4F)C[C@@H]3CC(=O)O)c2c1. The Balaban J connectivity index is 1.31. The van der Waals surface area contributed by atoms with E-state index in [2.05, 4.69) is 16.0 Å². The van der Waals surface area contributed by atoms with Gasteiger partial charge < -0.3 is 14.7 Å². The van der Waals surface area contributed by atoms with Gasteiger partial charge in [0.05, 0.1) is 12.6 Å². The van der Waals surface area contributed by atoms with Crippen LogP contribution in [0.1, 0.15) is 31.2 Å². The average Bonchev–Trinajstić information content (AvgIpc) is 2.86. The number of hydrogen-bond donors (Lipinski definition) is 1. The fourth-order valence-corrected chi connectivity index (χ4v) is 6.07. The number of nitrogens with zero attached hydrogens (tertiary/aromatic N) is 2. The number of aliphatic carboxylic acids is 1. The first-order valence-electron chi connectivity index (χ1n) is 12.3. The topological polar surface area (TPSA) is 62.7 Å². The van der Waals surface area contributed by atoms with Crippen LogP contribution in [-0.4, -0.2) is 53.5 Å². The summed E-state index contributed by atoms with van der Waals surface area (Å²) in [5.74, 6) is 1.27. The number of fused-ring (bicyclic) bond motifs is 1. The lowest BCUT2D eigenvalue weighted by molar-refractivity contribution is -0.139. The maximum absolute atomic E-state index is 13.9. The van der Waals surface area contributed by atoms with Crippen molar-refractivity contribution in [2.75, 3.05) is 32.5 Å². The maximum Gasteiger partial charge on any atom is 0.303 e. The highest BCUT2D eigenvalue weighted by Gasteiger charge is 2.30. The summed E-state index contributed by atoms with van der Waals surface area (Å²) in [7, 11) is 1.67. The highest BCUT2D eigenvalue weighted by Crippen LogP contribution is 2.32. The van der Waals surface area contributed by atoms with Gasteiger partial charge in [0.15, 0.2) is 0 Å². The van der Waals surface area contributed by atoms with E-state index in [1.54, 1.807) is 13.2 Å². The molecule has 0 unspecified atom stereocenters. The number of carboxylic acid groups (broad SMARTS) is 1. The molecule has 0 saturated carbocycles. The Morgan fingerprint density at radius 2 is 2.09 bits per heavy atom. The van der Waals surface area contributed by atoms with Gasteiger partial charge in [0, 0.05) is 41.7 Å². The normalized spacial score (nSPS) is 18.6. The van der Waals surface area contributed by atoms with Crippen molar-refractivity contribution in [3.8, 4) is 5.75 Å². The minimum Gasteiger partial charge on any atom is -0.497 e. The largest absolute Gasteiger partial charge is 0.497 e. The van der Waals surface area contributed by atoms with Crippen molar-refractivity contribution in [2.45, 2.75) is 37.0 Å². The number of rotatable bonds is 11. The summed E-state index contributed by atoms with van der Waals surface area (Å²) in [5.41, 5.74) is 2.22. The van der Waals surface area contributed by atoms with Gasteiger partial charge in [0.25, 0.3) is 0 Å². The fourth-order valence-electron chi connectivity index (χ4n) is 5.12. The summed E-state index contributed by atoms with van der Waals surface area (Å²) in [5, 5.41) is 10.6. The number of aromatic nitrogens is 1. The Morgan fingerprint density at radius 1 is 1.23 bits per heavy atom. The van der Waals surface area contributed by atoms with Crippen molar-refractivity contribution in [1.82, 2.24) is 9.88 Å². The monoisotopic (exact) mass is 496 g/mol. The van der Waals surface area contributed by atoms with Gasteiger partial charge in [-0.25, -0.2) is 4.39 Å². The summed E-state index contributed by atoms with van der Waals surface area (Å²) < 4.78 is 19.3. The highest BCUT2D eigenvalue weighted by atomic mass is 32.2. The van der Waals surface area contributed by atoms with Gasteiger partial charge in [-0.1, -0.05) is 12.1 Å². The number of pyridine rings is 1. The number of piperidine rings is 1. The molecule has 1 fully saturated rings. The predicted molar refractivity (Wildman–Crippen MR) is 139 cm³/mol. The number of likely N-dealkylation sites (tertiary alicyclic amines) is 1. The van der Waals surface area contributed by atoms with E-state index in [0.29, 0.717) is 10.8 Å². The second-order valence-electron chi connectivity index (χ2n) is 9.23.